The van der Waals surface area contributed by atoms with Crippen LogP contribution in [0.2, 0.25) is 0 Å². The van der Waals surface area contributed by atoms with E-state index in [1.165, 1.54) is 6.20 Å². The van der Waals surface area contributed by atoms with E-state index < -0.39 is 18.6 Å². The lowest BCUT2D eigenvalue weighted by atomic mass is 9.97. The summed E-state index contributed by atoms with van der Waals surface area (Å²) in [6, 6.07) is 7.48. The van der Waals surface area contributed by atoms with E-state index in [9.17, 15) is 26.7 Å². The smallest absolute Gasteiger partial charge is 0.454 e. The highest BCUT2D eigenvalue weighted by molar-refractivity contribution is 5.95. The van der Waals surface area contributed by atoms with Crippen molar-refractivity contribution in [2.75, 3.05) is 32.8 Å². The van der Waals surface area contributed by atoms with Gasteiger partial charge in [0.2, 0.25) is 5.88 Å². The Kier molecular flexibility index (Phi) is 7.77. The van der Waals surface area contributed by atoms with E-state index in [0.717, 1.165) is 29.8 Å². The average molecular weight is 513 g/mol. The fourth-order valence-electron chi connectivity index (χ4n) is 4.61. The van der Waals surface area contributed by atoms with Crippen LogP contribution in [-0.2, 0) is 0 Å². The van der Waals surface area contributed by atoms with E-state index >= 15 is 0 Å². The fraction of sp³-hybridized carbons (Fsp3) is 0.560. The van der Waals surface area contributed by atoms with Crippen LogP contribution in [0.3, 0.4) is 0 Å². The van der Waals surface area contributed by atoms with Gasteiger partial charge in [0.15, 0.2) is 0 Å². The predicted octanol–water partition coefficient (Wildman–Crippen LogP) is 5.06. The zero-order valence-corrected chi connectivity index (χ0v) is 20.0. The molecule has 6 nitrogen and oxygen atoms in total. The standard InChI is InChI=1S/C25H29F5N4O2/c1-17-3-2-10-34(17)23(35)20-6-4-19(5-7-20)21-13-32-22(14-31-21)36-15-18-8-11-33(12-9-18)16-24(26,27)25(28,29)30/h4-7,13-14,17-18H,2-3,8-12,15-16H2,1H3/t17-/m0/s1. The molecule has 4 rings (SSSR count). The van der Waals surface area contributed by atoms with Crippen LogP contribution in [0.1, 0.15) is 43.0 Å². The van der Waals surface area contributed by atoms with Gasteiger partial charge in [-0.3, -0.25) is 9.69 Å². The van der Waals surface area contributed by atoms with Gasteiger partial charge in [0.1, 0.15) is 0 Å². The van der Waals surface area contributed by atoms with E-state index in [-0.39, 0.29) is 37.6 Å². The third kappa shape index (κ3) is 6.11. The summed E-state index contributed by atoms with van der Waals surface area (Å²) in [4.78, 5) is 24.3. The molecule has 0 bridgehead atoms. The number of amides is 1. The Morgan fingerprint density at radius 3 is 2.25 bits per heavy atom. The minimum absolute atomic E-state index is 0.0290. The molecule has 0 N–H and O–H groups in total. The molecule has 36 heavy (non-hydrogen) atoms. The molecule has 2 aliphatic rings. The fourth-order valence-corrected chi connectivity index (χ4v) is 4.61. The number of hydrogen-bond acceptors (Lipinski definition) is 5. The molecule has 11 heteroatoms. The van der Waals surface area contributed by atoms with Crippen LogP contribution >= 0.6 is 0 Å². The molecular weight excluding hydrogens is 483 g/mol. The second kappa shape index (κ2) is 10.7. The van der Waals surface area contributed by atoms with Crippen LogP contribution < -0.4 is 4.74 Å². The number of carbonyl (C=O) groups is 1. The SMILES string of the molecule is C[C@H]1CCCN1C(=O)c1ccc(-c2cnc(OCC3CCN(CC(F)(F)C(F)(F)F)CC3)cn2)cc1. The van der Waals surface area contributed by atoms with Gasteiger partial charge in [-0.25, -0.2) is 9.97 Å². The number of hydrogen-bond donors (Lipinski definition) is 0. The van der Waals surface area contributed by atoms with Crippen molar-refractivity contribution in [1.29, 1.82) is 0 Å². The minimum Gasteiger partial charge on any atom is -0.476 e. The quantitative estimate of drug-likeness (QED) is 0.486. The molecule has 1 atom stereocenters. The first kappa shape index (κ1) is 26.2. The topological polar surface area (TPSA) is 58.6 Å². The van der Waals surface area contributed by atoms with Crippen LogP contribution in [0, 0.1) is 5.92 Å². The summed E-state index contributed by atoms with van der Waals surface area (Å²) in [6.07, 6.45) is 0.476. The molecule has 0 saturated carbocycles. The summed E-state index contributed by atoms with van der Waals surface area (Å²) < 4.78 is 69.4. The summed E-state index contributed by atoms with van der Waals surface area (Å²) in [7, 11) is 0. The number of likely N-dealkylation sites (tertiary alicyclic amines) is 2. The summed E-state index contributed by atoms with van der Waals surface area (Å²) in [5.41, 5.74) is 2.06. The van der Waals surface area contributed by atoms with Crippen molar-refractivity contribution >= 4 is 5.91 Å². The molecule has 2 fully saturated rings. The lowest BCUT2D eigenvalue weighted by molar-refractivity contribution is -0.287. The maximum absolute atomic E-state index is 13.2. The third-order valence-electron chi connectivity index (χ3n) is 6.88. The van der Waals surface area contributed by atoms with Gasteiger partial charge in [0.05, 0.1) is 31.2 Å². The Balaban J connectivity index is 1.25. The maximum atomic E-state index is 13.2. The van der Waals surface area contributed by atoms with Crippen LogP contribution in [0.25, 0.3) is 11.3 Å². The number of ether oxygens (including phenoxy) is 1. The third-order valence-corrected chi connectivity index (χ3v) is 6.88. The zero-order valence-electron chi connectivity index (χ0n) is 20.0. The van der Waals surface area contributed by atoms with Crippen molar-refractivity contribution in [3.63, 3.8) is 0 Å². The number of carbonyl (C=O) groups excluding carboxylic acids is 1. The normalized spacial score (nSPS) is 20.1. The van der Waals surface area contributed by atoms with Gasteiger partial charge in [-0.15, -0.1) is 0 Å². The largest absolute Gasteiger partial charge is 0.476 e. The minimum atomic E-state index is -5.54. The summed E-state index contributed by atoms with van der Waals surface area (Å²) in [5, 5.41) is 0. The first-order chi connectivity index (χ1) is 17.0. The van der Waals surface area contributed by atoms with E-state index in [0.29, 0.717) is 30.0 Å². The highest BCUT2D eigenvalue weighted by atomic mass is 19.4. The highest BCUT2D eigenvalue weighted by Gasteiger charge is 2.58. The molecule has 3 heterocycles. The van der Waals surface area contributed by atoms with Crippen molar-refractivity contribution in [1.82, 2.24) is 19.8 Å². The summed E-state index contributed by atoms with van der Waals surface area (Å²) in [6.45, 7) is 2.11. The number of piperidine rings is 1. The van der Waals surface area contributed by atoms with Crippen molar-refractivity contribution < 1.29 is 31.5 Å². The molecule has 0 aliphatic carbocycles. The number of halogens is 5. The van der Waals surface area contributed by atoms with Crippen molar-refractivity contribution in [3.8, 4) is 17.1 Å². The van der Waals surface area contributed by atoms with Gasteiger partial charge in [-0.1, -0.05) is 12.1 Å². The van der Waals surface area contributed by atoms with Crippen LogP contribution in [0.15, 0.2) is 36.7 Å². The van der Waals surface area contributed by atoms with Gasteiger partial charge in [-0.05, 0) is 63.7 Å². The predicted molar refractivity (Wildman–Crippen MR) is 123 cm³/mol. The van der Waals surface area contributed by atoms with Gasteiger partial charge in [-0.2, -0.15) is 22.0 Å². The molecule has 0 unspecified atom stereocenters. The number of rotatable bonds is 7. The van der Waals surface area contributed by atoms with Crippen LogP contribution in [-0.4, -0.2) is 76.6 Å². The Morgan fingerprint density at radius 1 is 1.00 bits per heavy atom. The van der Waals surface area contributed by atoms with Crippen molar-refractivity contribution in [2.45, 2.75) is 50.7 Å². The van der Waals surface area contributed by atoms with E-state index in [4.69, 9.17) is 4.74 Å². The molecule has 2 aliphatic heterocycles. The van der Waals surface area contributed by atoms with Gasteiger partial charge < -0.3 is 9.64 Å². The van der Waals surface area contributed by atoms with Crippen molar-refractivity contribution in [2.24, 2.45) is 5.92 Å². The first-order valence-corrected chi connectivity index (χ1v) is 12.1. The maximum Gasteiger partial charge on any atom is 0.454 e. The highest BCUT2D eigenvalue weighted by Crippen LogP contribution is 2.36. The monoisotopic (exact) mass is 512 g/mol. The van der Waals surface area contributed by atoms with E-state index in [1.807, 2.05) is 17.0 Å². The molecule has 0 spiro atoms. The second-order valence-electron chi connectivity index (χ2n) is 9.54. The molecule has 2 aromatic rings. The Hall–Kier alpha value is -2.82. The van der Waals surface area contributed by atoms with E-state index in [2.05, 4.69) is 16.9 Å². The summed E-state index contributed by atoms with van der Waals surface area (Å²) >= 11 is 0. The average Bonchev–Trinajstić information content (AvgIpc) is 3.28. The Labute approximate surface area is 206 Å². The molecule has 196 valence electrons. The van der Waals surface area contributed by atoms with Crippen molar-refractivity contribution in [3.05, 3.63) is 42.2 Å². The first-order valence-electron chi connectivity index (χ1n) is 12.1. The molecule has 0 radical (unpaired) electrons. The Morgan fingerprint density at radius 2 is 1.69 bits per heavy atom. The molecule has 2 saturated heterocycles. The number of nitrogens with zero attached hydrogens (tertiary/aromatic N) is 4. The number of aromatic nitrogens is 2. The second-order valence-corrected chi connectivity index (χ2v) is 9.54. The Bertz CT molecular complexity index is 1020. The molecule has 1 aromatic heterocycles. The summed E-state index contributed by atoms with van der Waals surface area (Å²) in [5.74, 6) is -4.35. The zero-order chi connectivity index (χ0) is 25.9. The molecule has 1 aromatic carbocycles. The van der Waals surface area contributed by atoms with E-state index in [1.54, 1.807) is 18.3 Å². The van der Waals surface area contributed by atoms with Crippen LogP contribution in [0.4, 0.5) is 22.0 Å². The lowest BCUT2D eigenvalue weighted by Gasteiger charge is -2.34. The number of benzene rings is 1. The lowest BCUT2D eigenvalue weighted by Crippen LogP contribution is -2.49. The molecule has 1 amide bonds. The van der Waals surface area contributed by atoms with Gasteiger partial charge in [0, 0.05) is 23.7 Å². The van der Waals surface area contributed by atoms with Crippen LogP contribution in [0.5, 0.6) is 5.88 Å². The van der Waals surface area contributed by atoms with Gasteiger partial charge >= 0.3 is 12.1 Å². The number of alkyl halides is 5. The van der Waals surface area contributed by atoms with Gasteiger partial charge in [0.25, 0.3) is 5.91 Å². The molecular formula is C25H29F5N4O2.